The van der Waals surface area contributed by atoms with Gasteiger partial charge in [0.2, 0.25) is 5.91 Å². The zero-order valence-corrected chi connectivity index (χ0v) is 14.2. The Bertz CT molecular complexity index is 684. The van der Waals surface area contributed by atoms with Crippen molar-refractivity contribution in [3.8, 4) is 0 Å². The highest BCUT2D eigenvalue weighted by atomic mass is 79.9. The first-order valence-corrected chi connectivity index (χ1v) is 8.54. The number of thioether (sulfide) groups is 1. The van der Waals surface area contributed by atoms with Gasteiger partial charge in [0.1, 0.15) is 15.8 Å². The molecule has 0 radical (unpaired) electrons. The first-order valence-electron chi connectivity index (χ1n) is 6.70. The van der Waals surface area contributed by atoms with Crippen molar-refractivity contribution in [2.45, 2.75) is 19.2 Å². The van der Waals surface area contributed by atoms with Crippen LogP contribution in [0, 0.1) is 13.8 Å². The van der Waals surface area contributed by atoms with Gasteiger partial charge in [-0.05, 0) is 58.6 Å². The van der Waals surface area contributed by atoms with Gasteiger partial charge < -0.3 is 0 Å². The van der Waals surface area contributed by atoms with Crippen molar-refractivity contribution in [3.63, 3.8) is 0 Å². The number of aromatic nitrogens is 1. The summed E-state index contributed by atoms with van der Waals surface area (Å²) >= 11 is 5.04. The summed E-state index contributed by atoms with van der Waals surface area (Å²) in [5, 5.41) is 0.000463. The van der Waals surface area contributed by atoms with E-state index in [1.807, 2.05) is 23.1 Å². The van der Waals surface area contributed by atoms with Crippen LogP contribution in [-0.2, 0) is 4.79 Å². The molecule has 1 amide bonds. The molecule has 1 atom stereocenters. The Morgan fingerprint density at radius 1 is 1.19 bits per heavy atom. The van der Waals surface area contributed by atoms with Crippen LogP contribution >= 0.6 is 27.7 Å². The molecular weight excluding hydrogens is 348 g/mol. The maximum absolute atomic E-state index is 12.3. The van der Waals surface area contributed by atoms with Crippen LogP contribution in [0.2, 0.25) is 0 Å². The SMILES string of the molecule is Cc1cccc(C)c1C1SCC(=O)N1c1cccc(Br)n1. The Morgan fingerprint density at radius 3 is 2.52 bits per heavy atom. The standard InChI is InChI=1S/C16H15BrN2OS/c1-10-5-3-6-11(2)15(10)16-19(14(20)9-21-16)13-8-4-7-12(17)18-13/h3-8,16H,9H2,1-2H3. The predicted molar refractivity (Wildman–Crippen MR) is 90.5 cm³/mol. The molecule has 108 valence electrons. The number of benzene rings is 1. The number of rotatable bonds is 2. The first-order chi connectivity index (χ1) is 10.1. The number of amides is 1. The molecule has 0 spiro atoms. The van der Waals surface area contributed by atoms with Gasteiger partial charge in [-0.1, -0.05) is 24.3 Å². The van der Waals surface area contributed by atoms with Gasteiger partial charge in [0.15, 0.2) is 0 Å². The number of aryl methyl sites for hydroxylation is 2. The van der Waals surface area contributed by atoms with E-state index in [0.717, 1.165) is 4.60 Å². The van der Waals surface area contributed by atoms with Crippen LogP contribution in [0.5, 0.6) is 0 Å². The fraction of sp³-hybridized carbons (Fsp3) is 0.250. The van der Waals surface area contributed by atoms with Crippen LogP contribution in [-0.4, -0.2) is 16.6 Å². The van der Waals surface area contributed by atoms with E-state index in [0.29, 0.717) is 11.6 Å². The largest absolute Gasteiger partial charge is 0.279 e. The second-order valence-electron chi connectivity index (χ2n) is 5.05. The summed E-state index contributed by atoms with van der Waals surface area (Å²) < 4.78 is 0.741. The molecule has 2 heterocycles. The van der Waals surface area contributed by atoms with Crippen molar-refractivity contribution in [1.29, 1.82) is 0 Å². The van der Waals surface area contributed by atoms with Crippen molar-refractivity contribution in [1.82, 2.24) is 4.98 Å². The van der Waals surface area contributed by atoms with E-state index in [9.17, 15) is 4.79 Å². The summed E-state index contributed by atoms with van der Waals surface area (Å²) in [5.74, 6) is 1.30. The van der Waals surface area contributed by atoms with Gasteiger partial charge >= 0.3 is 0 Å². The average Bonchev–Trinajstić information content (AvgIpc) is 2.80. The minimum atomic E-state index is 0.000463. The van der Waals surface area contributed by atoms with E-state index in [4.69, 9.17) is 0 Å². The molecule has 1 aromatic heterocycles. The third kappa shape index (κ3) is 2.72. The van der Waals surface area contributed by atoms with E-state index in [2.05, 4.69) is 53.0 Å². The second kappa shape index (κ2) is 5.81. The Hall–Kier alpha value is -1.33. The third-order valence-electron chi connectivity index (χ3n) is 3.60. The van der Waals surface area contributed by atoms with Crippen LogP contribution in [0.4, 0.5) is 5.82 Å². The molecule has 0 aliphatic carbocycles. The molecule has 1 aliphatic heterocycles. The molecule has 3 rings (SSSR count). The van der Waals surface area contributed by atoms with Crippen molar-refractivity contribution < 1.29 is 4.79 Å². The zero-order valence-electron chi connectivity index (χ0n) is 11.8. The zero-order chi connectivity index (χ0) is 15.0. The van der Waals surface area contributed by atoms with Crippen LogP contribution in [0.15, 0.2) is 41.0 Å². The summed E-state index contributed by atoms with van der Waals surface area (Å²) in [5.41, 5.74) is 3.64. The van der Waals surface area contributed by atoms with Crippen molar-refractivity contribution >= 4 is 39.4 Å². The maximum atomic E-state index is 12.3. The summed E-state index contributed by atoms with van der Waals surface area (Å²) in [6, 6.07) is 11.9. The highest BCUT2D eigenvalue weighted by Gasteiger charge is 2.36. The normalized spacial score (nSPS) is 18.3. The molecule has 1 saturated heterocycles. The predicted octanol–water partition coefficient (Wildman–Crippen LogP) is 4.24. The highest BCUT2D eigenvalue weighted by molar-refractivity contribution is 9.10. The van der Waals surface area contributed by atoms with Gasteiger partial charge in [0.05, 0.1) is 5.75 Å². The first kappa shape index (κ1) is 14.6. The number of hydrogen-bond donors (Lipinski definition) is 0. The summed E-state index contributed by atoms with van der Waals surface area (Å²) in [6.07, 6.45) is 0. The summed E-state index contributed by atoms with van der Waals surface area (Å²) in [4.78, 5) is 18.6. The lowest BCUT2D eigenvalue weighted by Crippen LogP contribution is -2.29. The quantitative estimate of drug-likeness (QED) is 0.749. The molecule has 1 unspecified atom stereocenters. The van der Waals surface area contributed by atoms with E-state index < -0.39 is 0 Å². The van der Waals surface area contributed by atoms with Crippen LogP contribution < -0.4 is 4.90 Å². The number of nitrogens with zero attached hydrogens (tertiary/aromatic N) is 2. The number of halogens is 1. The summed E-state index contributed by atoms with van der Waals surface area (Å²) in [7, 11) is 0. The Kier molecular flexibility index (Phi) is 4.04. The molecule has 1 fully saturated rings. The lowest BCUT2D eigenvalue weighted by atomic mass is 10.0. The van der Waals surface area contributed by atoms with E-state index >= 15 is 0 Å². The summed E-state index contributed by atoms with van der Waals surface area (Å²) in [6.45, 7) is 4.19. The van der Waals surface area contributed by atoms with Gasteiger partial charge in [-0.3, -0.25) is 9.69 Å². The van der Waals surface area contributed by atoms with E-state index in [1.54, 1.807) is 11.8 Å². The molecule has 21 heavy (non-hydrogen) atoms. The fourth-order valence-corrected chi connectivity index (χ4v) is 4.32. The second-order valence-corrected chi connectivity index (χ2v) is 6.93. The molecular formula is C16H15BrN2OS. The monoisotopic (exact) mass is 362 g/mol. The molecule has 1 aromatic carbocycles. The molecule has 1 aliphatic rings. The van der Waals surface area contributed by atoms with Crippen molar-refractivity contribution in [2.75, 3.05) is 10.7 Å². The lowest BCUT2D eigenvalue weighted by Gasteiger charge is -2.26. The molecule has 0 bridgehead atoms. The molecule has 0 N–H and O–H groups in total. The van der Waals surface area contributed by atoms with Crippen LogP contribution in [0.25, 0.3) is 0 Å². The third-order valence-corrected chi connectivity index (χ3v) is 5.22. The van der Waals surface area contributed by atoms with Gasteiger partial charge in [-0.15, -0.1) is 11.8 Å². The molecule has 5 heteroatoms. The van der Waals surface area contributed by atoms with E-state index in [1.165, 1.54) is 16.7 Å². The number of carbonyl (C=O) groups excluding carboxylic acids is 1. The smallest absolute Gasteiger partial charge is 0.239 e. The fourth-order valence-electron chi connectivity index (χ4n) is 2.63. The van der Waals surface area contributed by atoms with Crippen molar-refractivity contribution in [2.24, 2.45) is 0 Å². The average molecular weight is 363 g/mol. The number of hydrogen-bond acceptors (Lipinski definition) is 3. The Morgan fingerprint density at radius 2 is 1.86 bits per heavy atom. The van der Waals surface area contributed by atoms with Gasteiger partial charge in [-0.25, -0.2) is 4.98 Å². The molecule has 3 nitrogen and oxygen atoms in total. The van der Waals surface area contributed by atoms with Gasteiger partial charge in [0, 0.05) is 0 Å². The highest BCUT2D eigenvalue weighted by Crippen LogP contribution is 2.43. The Labute approximate surface area is 136 Å². The van der Waals surface area contributed by atoms with Crippen LogP contribution in [0.1, 0.15) is 22.1 Å². The minimum Gasteiger partial charge on any atom is -0.279 e. The van der Waals surface area contributed by atoms with E-state index in [-0.39, 0.29) is 11.3 Å². The van der Waals surface area contributed by atoms with Gasteiger partial charge in [-0.2, -0.15) is 0 Å². The number of anilines is 1. The number of carbonyl (C=O) groups is 1. The minimum absolute atomic E-state index is 0.000463. The van der Waals surface area contributed by atoms with Gasteiger partial charge in [0.25, 0.3) is 0 Å². The van der Waals surface area contributed by atoms with Crippen molar-refractivity contribution in [3.05, 3.63) is 57.7 Å². The molecule has 2 aromatic rings. The Balaban J connectivity index is 2.08. The lowest BCUT2D eigenvalue weighted by molar-refractivity contribution is -0.115. The van der Waals surface area contributed by atoms with Crippen LogP contribution in [0.3, 0.4) is 0 Å². The number of pyridine rings is 1. The maximum Gasteiger partial charge on any atom is 0.239 e. The molecule has 0 saturated carbocycles. The topological polar surface area (TPSA) is 33.2 Å².